The molecule has 0 aromatic heterocycles. The Hall–Kier alpha value is -3.84. The van der Waals surface area contributed by atoms with Crippen LogP contribution in [0.25, 0.3) is 0 Å². The molecule has 2 aromatic carbocycles. The number of nitrogens with two attached hydrogens (primary N) is 2. The van der Waals surface area contributed by atoms with Gasteiger partial charge in [0.25, 0.3) is 11.8 Å². The fourth-order valence-electron chi connectivity index (χ4n) is 4.42. The van der Waals surface area contributed by atoms with Gasteiger partial charge in [0.05, 0.1) is 7.11 Å². The maximum atomic E-state index is 12.1. The van der Waals surface area contributed by atoms with E-state index in [1.165, 1.54) is 7.11 Å². The fraction of sp³-hybridized carbons (Fsp3) is 0.515. The van der Waals surface area contributed by atoms with Crippen LogP contribution in [-0.4, -0.2) is 82.6 Å². The molecule has 0 spiro atoms. The van der Waals surface area contributed by atoms with Crippen molar-refractivity contribution in [3.63, 3.8) is 0 Å². The zero-order valence-corrected chi connectivity index (χ0v) is 26.8. The van der Waals surface area contributed by atoms with Crippen LogP contribution < -0.4 is 22.1 Å². The van der Waals surface area contributed by atoms with Crippen molar-refractivity contribution in [1.29, 1.82) is 0 Å². The number of aliphatic hydroxyl groups is 2. The van der Waals surface area contributed by atoms with Gasteiger partial charge in [0, 0.05) is 12.1 Å². The number of benzene rings is 2. The molecule has 12 nitrogen and oxygen atoms in total. The summed E-state index contributed by atoms with van der Waals surface area (Å²) in [6, 6.07) is 15.3. The maximum Gasteiger partial charge on any atom is 0.328 e. The van der Waals surface area contributed by atoms with Gasteiger partial charge in [0.1, 0.15) is 24.3 Å². The SMILES string of the molecule is CC(C)CC(NC(=O)C(O)C(N)Cc1ccccc1)C(=O)O.COC(=O)C(CC(C)C)NC(=O)C(O)C(N)Cc1ccccc1. The van der Waals surface area contributed by atoms with Gasteiger partial charge in [0.2, 0.25) is 0 Å². The molecule has 2 rings (SSSR count). The molecule has 2 amide bonds. The van der Waals surface area contributed by atoms with E-state index >= 15 is 0 Å². The minimum Gasteiger partial charge on any atom is -0.480 e. The molecular weight excluding hydrogens is 580 g/mol. The molecule has 0 heterocycles. The summed E-state index contributed by atoms with van der Waals surface area (Å²) in [6.45, 7) is 7.58. The minimum absolute atomic E-state index is 0.108. The third kappa shape index (κ3) is 15.1. The second-order valence-electron chi connectivity index (χ2n) is 11.8. The van der Waals surface area contributed by atoms with E-state index in [4.69, 9.17) is 16.6 Å². The van der Waals surface area contributed by atoms with Crippen molar-refractivity contribution in [3.05, 3.63) is 71.8 Å². The Morgan fingerprint density at radius 3 is 1.38 bits per heavy atom. The number of carboxylic acids is 1. The Labute approximate surface area is 265 Å². The molecule has 6 atom stereocenters. The van der Waals surface area contributed by atoms with Crippen LogP contribution in [0.1, 0.15) is 51.7 Å². The Kier molecular flexibility index (Phi) is 17.6. The van der Waals surface area contributed by atoms with Gasteiger partial charge in [-0.1, -0.05) is 88.4 Å². The Balaban J connectivity index is 0.000000450. The van der Waals surface area contributed by atoms with E-state index in [-0.39, 0.29) is 11.8 Å². The number of carboxylic acid groups (broad SMARTS) is 1. The number of esters is 1. The average molecular weight is 631 g/mol. The van der Waals surface area contributed by atoms with E-state index in [2.05, 4.69) is 15.4 Å². The highest BCUT2D eigenvalue weighted by molar-refractivity contribution is 5.87. The first kappa shape index (κ1) is 39.2. The lowest BCUT2D eigenvalue weighted by molar-refractivity contribution is -0.147. The van der Waals surface area contributed by atoms with E-state index < -0.39 is 60.1 Å². The lowest BCUT2D eigenvalue weighted by Gasteiger charge is -2.23. The minimum atomic E-state index is -1.45. The van der Waals surface area contributed by atoms with Crippen molar-refractivity contribution in [2.75, 3.05) is 7.11 Å². The monoisotopic (exact) mass is 630 g/mol. The first-order chi connectivity index (χ1) is 21.2. The van der Waals surface area contributed by atoms with Crippen molar-refractivity contribution in [3.8, 4) is 0 Å². The molecule has 12 heteroatoms. The predicted molar refractivity (Wildman–Crippen MR) is 171 cm³/mol. The van der Waals surface area contributed by atoms with Crippen LogP contribution in [0.15, 0.2) is 60.7 Å². The van der Waals surface area contributed by atoms with E-state index in [0.29, 0.717) is 25.7 Å². The second-order valence-corrected chi connectivity index (χ2v) is 11.8. The average Bonchev–Trinajstić information content (AvgIpc) is 2.99. The number of carbonyl (C=O) groups excluding carboxylic acids is 3. The van der Waals surface area contributed by atoms with Gasteiger partial charge in [0.15, 0.2) is 0 Å². The highest BCUT2D eigenvalue weighted by atomic mass is 16.5. The maximum absolute atomic E-state index is 12.1. The van der Waals surface area contributed by atoms with Gasteiger partial charge in [-0.15, -0.1) is 0 Å². The lowest BCUT2D eigenvalue weighted by Crippen LogP contribution is -2.52. The molecule has 0 aliphatic heterocycles. The molecule has 0 fully saturated rings. The number of methoxy groups -OCH3 is 1. The molecule has 0 aliphatic rings. The molecule has 0 bridgehead atoms. The fourth-order valence-corrected chi connectivity index (χ4v) is 4.42. The van der Waals surface area contributed by atoms with Crippen LogP contribution in [0, 0.1) is 11.8 Å². The number of nitrogens with one attached hydrogen (secondary N) is 2. The zero-order chi connectivity index (χ0) is 34.1. The Morgan fingerprint density at radius 1 is 0.689 bits per heavy atom. The normalized spacial score (nSPS) is 15.0. The van der Waals surface area contributed by atoms with Gasteiger partial charge in [-0.2, -0.15) is 0 Å². The van der Waals surface area contributed by atoms with Crippen LogP contribution in [0.2, 0.25) is 0 Å². The zero-order valence-electron chi connectivity index (χ0n) is 26.8. The number of amides is 2. The summed E-state index contributed by atoms with van der Waals surface area (Å²) in [6.07, 6.45) is -1.43. The van der Waals surface area contributed by atoms with Gasteiger partial charge < -0.3 is 42.2 Å². The quantitative estimate of drug-likeness (QED) is 0.131. The van der Waals surface area contributed by atoms with Crippen LogP contribution in [-0.2, 0) is 36.8 Å². The molecule has 6 unspecified atom stereocenters. The van der Waals surface area contributed by atoms with Crippen molar-refractivity contribution in [2.45, 2.75) is 89.8 Å². The largest absolute Gasteiger partial charge is 0.480 e. The molecule has 0 aliphatic carbocycles. The van der Waals surface area contributed by atoms with E-state index in [0.717, 1.165) is 11.1 Å². The first-order valence-corrected chi connectivity index (χ1v) is 15.0. The van der Waals surface area contributed by atoms with Gasteiger partial charge in [-0.3, -0.25) is 9.59 Å². The van der Waals surface area contributed by atoms with Crippen LogP contribution >= 0.6 is 0 Å². The summed E-state index contributed by atoms with van der Waals surface area (Å²) < 4.78 is 4.68. The third-order valence-corrected chi connectivity index (χ3v) is 6.81. The summed E-state index contributed by atoms with van der Waals surface area (Å²) in [7, 11) is 1.26. The Bertz CT molecular complexity index is 1180. The van der Waals surface area contributed by atoms with Crippen molar-refractivity contribution in [2.24, 2.45) is 23.3 Å². The van der Waals surface area contributed by atoms with E-state index in [1.807, 2.05) is 88.4 Å². The lowest BCUT2D eigenvalue weighted by atomic mass is 10.00. The highest BCUT2D eigenvalue weighted by Gasteiger charge is 2.30. The molecule has 250 valence electrons. The summed E-state index contributed by atoms with van der Waals surface area (Å²) in [5, 5.41) is 34.0. The molecule has 0 radical (unpaired) electrons. The standard InChI is InChI=1S/C17H26N2O4.C16H24N2O4/c1-11(2)9-14(17(22)23-3)19-16(21)15(20)13(18)10-12-7-5-4-6-8-12;1-10(2)8-13(16(21)22)18-15(20)14(19)12(17)9-11-6-4-3-5-7-11/h4-8,11,13-15,20H,9-10,18H2,1-3H3,(H,19,21);3-7,10,12-14,19H,8-9,17H2,1-2H3,(H,18,20)(H,21,22). The van der Waals surface area contributed by atoms with Crippen LogP contribution in [0.5, 0.6) is 0 Å². The van der Waals surface area contributed by atoms with Crippen molar-refractivity contribution < 1.29 is 39.2 Å². The predicted octanol–water partition coefficient (Wildman–Crippen LogP) is 1.15. The van der Waals surface area contributed by atoms with Crippen molar-refractivity contribution >= 4 is 23.8 Å². The topological polar surface area (TPSA) is 214 Å². The molecular formula is C33H50N4O8. The van der Waals surface area contributed by atoms with E-state index in [9.17, 15) is 29.4 Å². The first-order valence-electron chi connectivity index (χ1n) is 15.0. The van der Waals surface area contributed by atoms with Crippen LogP contribution in [0.4, 0.5) is 0 Å². The molecule has 0 saturated carbocycles. The Morgan fingerprint density at radius 2 is 1.04 bits per heavy atom. The number of ether oxygens (including phenoxy) is 1. The van der Waals surface area contributed by atoms with Gasteiger partial charge in [-0.25, -0.2) is 9.59 Å². The number of aliphatic carboxylic acids is 1. The summed E-state index contributed by atoms with van der Waals surface area (Å²) in [4.78, 5) is 46.9. The van der Waals surface area contributed by atoms with Crippen LogP contribution in [0.3, 0.4) is 0 Å². The summed E-state index contributed by atoms with van der Waals surface area (Å²) >= 11 is 0. The molecule has 45 heavy (non-hydrogen) atoms. The van der Waals surface area contributed by atoms with Gasteiger partial charge in [-0.05, 0) is 48.6 Å². The van der Waals surface area contributed by atoms with Crippen molar-refractivity contribution in [1.82, 2.24) is 10.6 Å². The number of hydrogen-bond donors (Lipinski definition) is 7. The number of carbonyl (C=O) groups is 4. The molecule has 9 N–H and O–H groups in total. The van der Waals surface area contributed by atoms with Gasteiger partial charge >= 0.3 is 11.9 Å². The number of aliphatic hydroxyl groups excluding tert-OH is 2. The summed E-state index contributed by atoms with van der Waals surface area (Å²) in [5.41, 5.74) is 13.6. The summed E-state index contributed by atoms with van der Waals surface area (Å²) in [5.74, 6) is -2.77. The smallest absolute Gasteiger partial charge is 0.328 e. The number of rotatable bonds is 16. The third-order valence-electron chi connectivity index (χ3n) is 6.81. The second kappa shape index (κ2) is 20.2. The molecule has 0 saturated heterocycles. The molecule has 2 aromatic rings. The highest BCUT2D eigenvalue weighted by Crippen LogP contribution is 2.10. The number of hydrogen-bond acceptors (Lipinski definition) is 9. The van der Waals surface area contributed by atoms with E-state index in [1.54, 1.807) is 0 Å².